The van der Waals surface area contributed by atoms with E-state index in [0.29, 0.717) is 37.6 Å². The molecule has 2 amide bonds. The van der Waals surface area contributed by atoms with Crippen molar-refractivity contribution in [3.8, 4) is 5.75 Å². The number of benzene rings is 1. The smallest absolute Gasteiger partial charge is 0.257 e. The average molecular weight is 374 g/mol. The van der Waals surface area contributed by atoms with E-state index in [1.165, 1.54) is 0 Å². The molecule has 0 unspecified atom stereocenters. The lowest BCUT2D eigenvalue weighted by atomic mass is 9.72. The van der Waals surface area contributed by atoms with Crippen molar-refractivity contribution in [1.82, 2.24) is 9.80 Å². The van der Waals surface area contributed by atoms with Gasteiger partial charge in [0.1, 0.15) is 12.4 Å². The molecule has 1 spiro atoms. The second-order valence-corrected chi connectivity index (χ2v) is 7.58. The molecule has 0 aliphatic carbocycles. The van der Waals surface area contributed by atoms with Crippen molar-refractivity contribution in [3.63, 3.8) is 0 Å². The molecule has 6 heteroatoms. The summed E-state index contributed by atoms with van der Waals surface area (Å²) in [5.74, 6) is 0.875. The molecule has 0 radical (unpaired) electrons. The number of nitrogens with zero attached hydrogens (tertiary/aromatic N) is 2. The van der Waals surface area contributed by atoms with Crippen LogP contribution < -0.4 is 4.74 Å². The van der Waals surface area contributed by atoms with Crippen LogP contribution in [0.25, 0.3) is 0 Å². The van der Waals surface area contributed by atoms with Gasteiger partial charge in [-0.25, -0.2) is 0 Å². The van der Waals surface area contributed by atoms with Crippen molar-refractivity contribution in [3.05, 3.63) is 29.8 Å². The number of carbonyl (C=O) groups is 2. The van der Waals surface area contributed by atoms with E-state index in [-0.39, 0.29) is 17.2 Å². The van der Waals surface area contributed by atoms with E-state index in [9.17, 15) is 9.59 Å². The minimum atomic E-state index is 0.0251. The van der Waals surface area contributed by atoms with Crippen molar-refractivity contribution in [2.75, 3.05) is 46.5 Å². The second-order valence-electron chi connectivity index (χ2n) is 7.58. The molecule has 148 valence electrons. The summed E-state index contributed by atoms with van der Waals surface area (Å²) >= 11 is 0. The molecule has 2 fully saturated rings. The minimum absolute atomic E-state index is 0.0251. The fourth-order valence-corrected chi connectivity index (χ4v) is 4.12. The lowest BCUT2D eigenvalue weighted by Crippen LogP contribution is -2.51. The second kappa shape index (κ2) is 8.74. The fraction of sp³-hybridized carbons (Fsp3) is 0.619. The van der Waals surface area contributed by atoms with Gasteiger partial charge in [-0.2, -0.15) is 0 Å². The molecule has 2 heterocycles. The number of hydrogen-bond donors (Lipinski definition) is 0. The lowest BCUT2D eigenvalue weighted by molar-refractivity contribution is -0.137. The first-order valence-corrected chi connectivity index (χ1v) is 9.87. The van der Waals surface area contributed by atoms with Crippen LogP contribution in [0.15, 0.2) is 24.3 Å². The van der Waals surface area contributed by atoms with Crippen LogP contribution in [-0.2, 0) is 9.53 Å². The summed E-state index contributed by atoms with van der Waals surface area (Å²) in [7, 11) is 1.89. The number of carbonyl (C=O) groups excluding carboxylic acids is 2. The van der Waals surface area contributed by atoms with Crippen LogP contribution >= 0.6 is 0 Å². The molecule has 6 nitrogen and oxygen atoms in total. The van der Waals surface area contributed by atoms with E-state index in [4.69, 9.17) is 9.47 Å². The number of amides is 2. The van der Waals surface area contributed by atoms with Crippen molar-refractivity contribution >= 4 is 11.8 Å². The van der Waals surface area contributed by atoms with Gasteiger partial charge < -0.3 is 19.3 Å². The first-order valence-electron chi connectivity index (χ1n) is 9.87. The summed E-state index contributed by atoms with van der Waals surface area (Å²) in [6.45, 7) is 5.81. The first kappa shape index (κ1) is 19.7. The highest BCUT2D eigenvalue weighted by atomic mass is 16.5. The van der Waals surface area contributed by atoms with Gasteiger partial charge in [-0.15, -0.1) is 0 Å². The highest BCUT2D eigenvalue weighted by molar-refractivity contribution is 5.97. The van der Waals surface area contributed by atoms with Crippen LogP contribution in [0.5, 0.6) is 5.75 Å². The van der Waals surface area contributed by atoms with Crippen LogP contribution in [0.2, 0.25) is 0 Å². The van der Waals surface area contributed by atoms with Crippen molar-refractivity contribution in [2.24, 2.45) is 5.41 Å². The summed E-state index contributed by atoms with van der Waals surface area (Å²) in [4.78, 5) is 28.6. The van der Waals surface area contributed by atoms with Crippen molar-refractivity contribution < 1.29 is 19.1 Å². The van der Waals surface area contributed by atoms with Crippen LogP contribution in [0, 0.1) is 5.41 Å². The maximum Gasteiger partial charge on any atom is 0.257 e. The molecular weight excluding hydrogens is 344 g/mol. The minimum Gasteiger partial charge on any atom is -0.490 e. The maximum absolute atomic E-state index is 13.0. The quantitative estimate of drug-likeness (QED) is 0.718. The molecule has 2 aliphatic rings. The number of hydrogen-bond acceptors (Lipinski definition) is 4. The van der Waals surface area contributed by atoms with Gasteiger partial charge in [-0.3, -0.25) is 9.59 Å². The molecule has 3 rings (SSSR count). The Kier molecular flexibility index (Phi) is 6.37. The highest BCUT2D eigenvalue weighted by Gasteiger charge is 2.40. The Morgan fingerprint density at radius 3 is 2.59 bits per heavy atom. The number of rotatable bonds is 6. The number of ether oxygens (including phenoxy) is 2. The molecule has 0 saturated carbocycles. The molecular formula is C21H30N2O4. The largest absolute Gasteiger partial charge is 0.490 e. The van der Waals surface area contributed by atoms with E-state index in [1.54, 1.807) is 0 Å². The van der Waals surface area contributed by atoms with Crippen LogP contribution in [0.4, 0.5) is 0 Å². The number of piperidine rings is 2. The first-order chi connectivity index (χ1) is 13.0. The number of para-hydroxylation sites is 1. The zero-order chi connectivity index (χ0) is 19.3. The fourth-order valence-electron chi connectivity index (χ4n) is 4.12. The van der Waals surface area contributed by atoms with Crippen LogP contribution in [0.3, 0.4) is 0 Å². The summed E-state index contributed by atoms with van der Waals surface area (Å²) < 4.78 is 11.1. The third-order valence-electron chi connectivity index (χ3n) is 5.79. The normalized spacial score (nSPS) is 19.4. The standard InChI is InChI=1S/C21H30N2O4/c1-3-26-14-15-27-18-7-5-4-6-17(18)20(25)23-12-10-21(11-13-23)9-8-19(24)22(2)16-21/h4-7H,3,8-16H2,1-2H3. The molecule has 0 atom stereocenters. The third kappa shape index (κ3) is 4.61. The van der Waals surface area contributed by atoms with Gasteiger partial charge in [-0.05, 0) is 43.7 Å². The molecule has 1 aromatic carbocycles. The van der Waals surface area contributed by atoms with Crippen molar-refractivity contribution in [1.29, 1.82) is 0 Å². The Labute approximate surface area is 161 Å². The van der Waals surface area contributed by atoms with Gasteiger partial charge >= 0.3 is 0 Å². The predicted octanol–water partition coefficient (Wildman–Crippen LogP) is 2.58. The highest BCUT2D eigenvalue weighted by Crippen LogP contribution is 2.40. The Hall–Kier alpha value is -2.08. The van der Waals surface area contributed by atoms with E-state index in [0.717, 1.165) is 38.9 Å². The van der Waals surface area contributed by atoms with Crippen LogP contribution in [0.1, 0.15) is 43.0 Å². The monoisotopic (exact) mass is 374 g/mol. The zero-order valence-corrected chi connectivity index (χ0v) is 16.4. The summed E-state index contributed by atoms with van der Waals surface area (Å²) in [5, 5.41) is 0. The third-order valence-corrected chi connectivity index (χ3v) is 5.79. The van der Waals surface area contributed by atoms with Gasteiger partial charge in [-0.1, -0.05) is 12.1 Å². The molecule has 0 N–H and O–H groups in total. The van der Waals surface area contributed by atoms with Gasteiger partial charge in [0.2, 0.25) is 5.91 Å². The Morgan fingerprint density at radius 1 is 1.15 bits per heavy atom. The summed E-state index contributed by atoms with van der Waals surface area (Å²) in [6.07, 6.45) is 3.46. The molecule has 0 aromatic heterocycles. The van der Waals surface area contributed by atoms with Gasteiger partial charge in [0.05, 0.1) is 12.2 Å². The predicted molar refractivity (Wildman–Crippen MR) is 103 cm³/mol. The van der Waals surface area contributed by atoms with E-state index < -0.39 is 0 Å². The topological polar surface area (TPSA) is 59.1 Å². The molecule has 2 saturated heterocycles. The Morgan fingerprint density at radius 2 is 1.89 bits per heavy atom. The average Bonchev–Trinajstić information content (AvgIpc) is 2.69. The summed E-state index contributed by atoms with van der Waals surface area (Å²) in [5.41, 5.74) is 0.785. The Bertz CT molecular complexity index is 668. The van der Waals surface area contributed by atoms with Gasteiger partial charge in [0.25, 0.3) is 5.91 Å². The summed E-state index contributed by atoms with van der Waals surface area (Å²) in [6, 6.07) is 7.42. The molecule has 0 bridgehead atoms. The lowest BCUT2D eigenvalue weighted by Gasteiger charge is -2.46. The van der Waals surface area contributed by atoms with Gasteiger partial charge in [0.15, 0.2) is 0 Å². The van der Waals surface area contributed by atoms with Crippen molar-refractivity contribution in [2.45, 2.75) is 32.6 Å². The zero-order valence-electron chi connectivity index (χ0n) is 16.4. The van der Waals surface area contributed by atoms with E-state index in [2.05, 4.69) is 0 Å². The SMILES string of the molecule is CCOCCOc1ccccc1C(=O)N1CCC2(CCC(=O)N(C)C2)CC1. The maximum atomic E-state index is 13.0. The van der Waals surface area contributed by atoms with Crippen LogP contribution in [-0.4, -0.2) is 68.1 Å². The van der Waals surface area contributed by atoms with E-state index >= 15 is 0 Å². The molecule has 1 aromatic rings. The molecule has 2 aliphatic heterocycles. The van der Waals surface area contributed by atoms with Gasteiger partial charge in [0, 0.05) is 39.7 Å². The Balaban J connectivity index is 1.60. The van der Waals surface area contributed by atoms with E-state index in [1.807, 2.05) is 48.0 Å². The number of likely N-dealkylation sites (tertiary alicyclic amines) is 2. The molecule has 27 heavy (non-hydrogen) atoms.